The number of halogens is 1. The summed E-state index contributed by atoms with van der Waals surface area (Å²) in [6.07, 6.45) is 0. The van der Waals surface area contributed by atoms with E-state index < -0.39 is 0 Å². The van der Waals surface area contributed by atoms with Crippen LogP contribution in [0.3, 0.4) is 0 Å². The third kappa shape index (κ3) is 3.89. The second-order valence-electron chi connectivity index (χ2n) is 3.48. The first-order valence-corrected chi connectivity index (χ1v) is 6.98. The molecule has 0 N–H and O–H groups in total. The van der Waals surface area contributed by atoms with Gasteiger partial charge in [0.25, 0.3) is 0 Å². The van der Waals surface area contributed by atoms with Crippen molar-refractivity contribution in [2.45, 2.75) is 17.6 Å². The van der Waals surface area contributed by atoms with E-state index in [9.17, 15) is 0 Å². The predicted molar refractivity (Wildman–Crippen MR) is 74.2 cm³/mol. The van der Waals surface area contributed by atoms with Crippen molar-refractivity contribution < 1.29 is 4.74 Å². The molecule has 0 saturated carbocycles. The van der Waals surface area contributed by atoms with Gasteiger partial charge >= 0.3 is 0 Å². The Morgan fingerprint density at radius 2 is 2.00 bits per heavy atom. The Kier molecular flexibility index (Phi) is 4.84. The molecule has 3 nitrogen and oxygen atoms in total. The minimum absolute atomic E-state index is 0.414. The number of aromatic nitrogens is 2. The predicted octanol–water partition coefficient (Wildman–Crippen LogP) is 3.82. The third-order valence-corrected chi connectivity index (χ3v) is 3.32. The molecule has 0 amide bonds. The largest absolute Gasteiger partial charge is 0.478 e. The van der Waals surface area contributed by atoms with E-state index in [4.69, 9.17) is 16.3 Å². The van der Waals surface area contributed by atoms with E-state index in [1.54, 1.807) is 17.8 Å². The molecule has 0 aliphatic rings. The fourth-order valence-electron chi connectivity index (χ4n) is 1.39. The molecule has 1 aromatic heterocycles. The van der Waals surface area contributed by atoms with Gasteiger partial charge in [-0.2, -0.15) is 4.98 Å². The second-order valence-corrected chi connectivity index (χ2v) is 4.92. The molecule has 0 unspecified atom stereocenters. The van der Waals surface area contributed by atoms with E-state index in [2.05, 4.69) is 22.1 Å². The molecular weight excluding hydrogens is 268 g/mol. The lowest BCUT2D eigenvalue weighted by Gasteiger charge is -2.05. The Balaban J connectivity index is 2.05. The summed E-state index contributed by atoms with van der Waals surface area (Å²) >= 11 is 7.60. The maximum Gasteiger partial charge on any atom is 0.218 e. The third-order valence-electron chi connectivity index (χ3n) is 2.12. The summed E-state index contributed by atoms with van der Waals surface area (Å²) in [7, 11) is 0. The highest BCUT2D eigenvalue weighted by atomic mass is 35.5. The fraction of sp³-hybridized carbons (Fsp3) is 0.231. The lowest BCUT2D eigenvalue weighted by atomic mass is 10.4. The molecular formula is C13H13ClN2OS. The summed E-state index contributed by atoms with van der Waals surface area (Å²) in [6.45, 7) is 2.48. The van der Waals surface area contributed by atoms with Crippen LogP contribution in [0.1, 0.15) is 12.7 Å². The van der Waals surface area contributed by atoms with Gasteiger partial charge in [0.15, 0.2) is 0 Å². The quantitative estimate of drug-likeness (QED) is 0.616. The molecule has 5 heteroatoms. The van der Waals surface area contributed by atoms with Crippen LogP contribution in [0, 0.1) is 0 Å². The summed E-state index contributed by atoms with van der Waals surface area (Å²) in [5, 5.41) is 0.414. The van der Waals surface area contributed by atoms with E-state index in [0.29, 0.717) is 29.2 Å². The summed E-state index contributed by atoms with van der Waals surface area (Å²) in [5.74, 6) is 1.88. The van der Waals surface area contributed by atoms with Crippen LogP contribution in [-0.2, 0) is 5.75 Å². The average molecular weight is 281 g/mol. The second kappa shape index (κ2) is 6.61. The van der Waals surface area contributed by atoms with Crippen LogP contribution in [0.4, 0.5) is 0 Å². The molecule has 0 bridgehead atoms. The van der Waals surface area contributed by atoms with Crippen molar-refractivity contribution in [1.82, 2.24) is 9.97 Å². The maximum atomic E-state index is 5.93. The zero-order valence-electron chi connectivity index (χ0n) is 9.97. The lowest BCUT2D eigenvalue weighted by molar-refractivity contribution is 0.325. The van der Waals surface area contributed by atoms with E-state index in [1.165, 1.54) is 4.90 Å². The SMILES string of the molecule is CCOc1cc(Cl)nc(CSc2ccccc2)n1. The molecule has 0 radical (unpaired) electrons. The molecule has 0 aliphatic heterocycles. The summed E-state index contributed by atoms with van der Waals surface area (Å²) < 4.78 is 5.33. The molecule has 1 aromatic carbocycles. The summed E-state index contributed by atoms with van der Waals surface area (Å²) in [5.41, 5.74) is 0. The van der Waals surface area contributed by atoms with Gasteiger partial charge < -0.3 is 4.74 Å². The first kappa shape index (κ1) is 13.2. The number of ether oxygens (including phenoxy) is 1. The highest BCUT2D eigenvalue weighted by Gasteiger charge is 2.04. The van der Waals surface area contributed by atoms with E-state index in [1.807, 2.05) is 25.1 Å². The van der Waals surface area contributed by atoms with Crippen LogP contribution in [0.15, 0.2) is 41.3 Å². The molecule has 0 atom stereocenters. The van der Waals surface area contributed by atoms with Crippen LogP contribution in [0.5, 0.6) is 5.88 Å². The minimum Gasteiger partial charge on any atom is -0.478 e. The number of nitrogens with zero attached hydrogens (tertiary/aromatic N) is 2. The summed E-state index contributed by atoms with van der Waals surface area (Å²) in [6, 6.07) is 11.7. The Bertz CT molecular complexity index is 508. The maximum absolute atomic E-state index is 5.93. The fourth-order valence-corrected chi connectivity index (χ4v) is 2.36. The zero-order chi connectivity index (χ0) is 12.8. The number of rotatable bonds is 5. The van der Waals surface area contributed by atoms with Crippen molar-refractivity contribution in [3.63, 3.8) is 0 Å². The van der Waals surface area contributed by atoms with Crippen molar-refractivity contribution in [3.05, 3.63) is 47.4 Å². The highest BCUT2D eigenvalue weighted by Crippen LogP contribution is 2.22. The van der Waals surface area contributed by atoms with Gasteiger partial charge in [-0.25, -0.2) is 4.98 Å². The molecule has 2 aromatic rings. The summed E-state index contributed by atoms with van der Waals surface area (Å²) in [4.78, 5) is 9.66. The molecule has 1 heterocycles. The molecule has 94 valence electrons. The number of thioether (sulfide) groups is 1. The van der Waals surface area contributed by atoms with E-state index in [0.717, 1.165) is 0 Å². The average Bonchev–Trinajstić information content (AvgIpc) is 2.37. The standard InChI is InChI=1S/C13H13ClN2OS/c1-2-17-13-8-11(14)15-12(16-13)9-18-10-6-4-3-5-7-10/h3-8H,2,9H2,1H3. The Labute approximate surface area is 116 Å². The van der Waals surface area contributed by atoms with Crippen LogP contribution >= 0.6 is 23.4 Å². The molecule has 0 fully saturated rings. The molecule has 2 rings (SSSR count). The van der Waals surface area contributed by atoms with Crippen molar-refractivity contribution in [3.8, 4) is 5.88 Å². The molecule has 0 spiro atoms. The normalized spacial score (nSPS) is 10.3. The molecule has 18 heavy (non-hydrogen) atoms. The lowest BCUT2D eigenvalue weighted by Crippen LogP contribution is -1.99. The monoisotopic (exact) mass is 280 g/mol. The van der Waals surface area contributed by atoms with Gasteiger partial charge in [-0.15, -0.1) is 11.8 Å². The van der Waals surface area contributed by atoms with Gasteiger partial charge in [-0.05, 0) is 19.1 Å². The number of hydrogen-bond donors (Lipinski definition) is 0. The van der Waals surface area contributed by atoms with Crippen molar-refractivity contribution in [2.75, 3.05) is 6.61 Å². The first-order chi connectivity index (χ1) is 8.78. The topological polar surface area (TPSA) is 35.0 Å². The molecule has 0 aliphatic carbocycles. The van der Waals surface area contributed by atoms with E-state index >= 15 is 0 Å². The molecule has 0 saturated heterocycles. The van der Waals surface area contributed by atoms with Crippen molar-refractivity contribution in [1.29, 1.82) is 0 Å². The van der Waals surface area contributed by atoms with Crippen LogP contribution < -0.4 is 4.74 Å². The van der Waals surface area contributed by atoms with Crippen LogP contribution in [0.25, 0.3) is 0 Å². The first-order valence-electron chi connectivity index (χ1n) is 5.62. The van der Waals surface area contributed by atoms with E-state index in [-0.39, 0.29) is 0 Å². The van der Waals surface area contributed by atoms with Gasteiger partial charge in [-0.3, -0.25) is 0 Å². The van der Waals surface area contributed by atoms with Crippen LogP contribution in [-0.4, -0.2) is 16.6 Å². The van der Waals surface area contributed by atoms with Gasteiger partial charge in [-0.1, -0.05) is 29.8 Å². The smallest absolute Gasteiger partial charge is 0.218 e. The van der Waals surface area contributed by atoms with Crippen molar-refractivity contribution >= 4 is 23.4 Å². The highest BCUT2D eigenvalue weighted by molar-refractivity contribution is 7.98. The van der Waals surface area contributed by atoms with Gasteiger partial charge in [0.1, 0.15) is 11.0 Å². The Hall–Kier alpha value is -1.26. The van der Waals surface area contributed by atoms with Gasteiger partial charge in [0.2, 0.25) is 5.88 Å². The Morgan fingerprint density at radius 3 is 2.72 bits per heavy atom. The van der Waals surface area contributed by atoms with Crippen molar-refractivity contribution in [2.24, 2.45) is 0 Å². The van der Waals surface area contributed by atoms with Gasteiger partial charge in [0, 0.05) is 11.0 Å². The minimum atomic E-state index is 0.414. The van der Waals surface area contributed by atoms with Crippen LogP contribution in [0.2, 0.25) is 5.15 Å². The van der Waals surface area contributed by atoms with Gasteiger partial charge in [0.05, 0.1) is 12.4 Å². The number of hydrogen-bond acceptors (Lipinski definition) is 4. The Morgan fingerprint density at radius 1 is 1.22 bits per heavy atom. The number of benzene rings is 1. The zero-order valence-corrected chi connectivity index (χ0v) is 11.5.